The number of hydrogen-bond acceptors (Lipinski definition) is 4. The minimum absolute atomic E-state index is 0.0826. The van der Waals surface area contributed by atoms with Gasteiger partial charge < -0.3 is 20.5 Å². The van der Waals surface area contributed by atoms with Crippen LogP contribution >= 0.6 is 0 Å². The van der Waals surface area contributed by atoms with Gasteiger partial charge in [-0.15, -0.1) is 8.78 Å². The number of carbonyl (C=O) groups excluding carboxylic acids is 1. The monoisotopic (exact) mass is 328 g/mol. The Morgan fingerprint density at radius 2 is 1.70 bits per heavy atom. The quantitative estimate of drug-likeness (QED) is 0.656. The molecule has 2 aromatic rings. The van der Waals surface area contributed by atoms with Crippen LogP contribution in [-0.4, -0.2) is 12.2 Å². The number of carbonyl (C=O) groups is 1. The lowest BCUT2D eigenvalue weighted by molar-refractivity contribution is -0.286. The number of rotatable bonds is 2. The van der Waals surface area contributed by atoms with E-state index in [1.54, 1.807) is 0 Å². The average Bonchev–Trinajstić information content (AvgIpc) is 2.75. The lowest BCUT2D eigenvalue weighted by Crippen LogP contribution is -2.25. The van der Waals surface area contributed by atoms with Gasteiger partial charge in [0.25, 0.3) is 5.91 Å². The average molecular weight is 328 g/mol. The zero-order chi connectivity index (χ0) is 16.8. The van der Waals surface area contributed by atoms with Crippen LogP contribution < -0.4 is 20.5 Å². The van der Waals surface area contributed by atoms with Crippen molar-refractivity contribution in [2.45, 2.75) is 6.29 Å². The Kier molecular flexibility index (Phi) is 3.28. The molecule has 1 heterocycles. The number of fused-ring (bicyclic) bond motifs is 1. The molecular formula is C14H8F4N2O3. The van der Waals surface area contributed by atoms with E-state index in [-0.39, 0.29) is 28.4 Å². The predicted octanol–water partition coefficient (Wildman–Crippen LogP) is 3.12. The Morgan fingerprint density at radius 1 is 1.04 bits per heavy atom. The third-order valence-electron chi connectivity index (χ3n) is 3.00. The second kappa shape index (κ2) is 5.04. The van der Waals surface area contributed by atoms with Crippen molar-refractivity contribution in [3.63, 3.8) is 0 Å². The van der Waals surface area contributed by atoms with Crippen LogP contribution in [0.15, 0.2) is 30.3 Å². The fourth-order valence-corrected chi connectivity index (χ4v) is 1.98. The van der Waals surface area contributed by atoms with Crippen molar-refractivity contribution in [3.05, 3.63) is 47.5 Å². The zero-order valence-electron chi connectivity index (χ0n) is 11.2. The first-order valence-electron chi connectivity index (χ1n) is 6.21. The second-order valence-electron chi connectivity index (χ2n) is 4.64. The summed E-state index contributed by atoms with van der Waals surface area (Å²) in [5.41, 5.74) is 4.97. The van der Waals surface area contributed by atoms with Gasteiger partial charge in [-0.3, -0.25) is 4.79 Å². The van der Waals surface area contributed by atoms with Gasteiger partial charge in [0.1, 0.15) is 0 Å². The van der Waals surface area contributed by atoms with Crippen molar-refractivity contribution in [1.82, 2.24) is 0 Å². The maximum atomic E-state index is 13.2. The number of nitrogens with one attached hydrogen (secondary N) is 1. The van der Waals surface area contributed by atoms with Gasteiger partial charge in [-0.25, -0.2) is 8.78 Å². The van der Waals surface area contributed by atoms with Gasteiger partial charge in [0.15, 0.2) is 23.1 Å². The molecule has 0 radical (unpaired) electrons. The molecule has 0 unspecified atom stereocenters. The Labute approximate surface area is 126 Å². The van der Waals surface area contributed by atoms with Gasteiger partial charge in [0, 0.05) is 23.5 Å². The van der Waals surface area contributed by atoms with E-state index >= 15 is 0 Å². The van der Waals surface area contributed by atoms with Gasteiger partial charge in [-0.05, 0) is 18.2 Å². The van der Waals surface area contributed by atoms with Gasteiger partial charge in [-0.1, -0.05) is 0 Å². The minimum atomic E-state index is -3.78. The SMILES string of the molecule is Nc1cc(F)c(F)cc1C(=O)Nc1ccc2c(c1)OC(F)(F)O2. The molecule has 0 aromatic heterocycles. The van der Waals surface area contributed by atoms with Crippen molar-refractivity contribution in [2.24, 2.45) is 0 Å². The first kappa shape index (κ1) is 14.9. The third kappa shape index (κ3) is 2.85. The summed E-state index contributed by atoms with van der Waals surface area (Å²) >= 11 is 0. The smallest absolute Gasteiger partial charge is 0.398 e. The first-order chi connectivity index (χ1) is 10.7. The zero-order valence-corrected chi connectivity index (χ0v) is 11.2. The van der Waals surface area contributed by atoms with E-state index in [0.717, 1.165) is 6.07 Å². The number of benzene rings is 2. The molecule has 3 N–H and O–H groups in total. The fraction of sp³-hybridized carbons (Fsp3) is 0.0714. The van der Waals surface area contributed by atoms with Crippen LogP contribution in [0.4, 0.5) is 28.9 Å². The molecule has 1 aliphatic rings. The summed E-state index contributed by atoms with van der Waals surface area (Å²) in [5.74, 6) is -3.74. The highest BCUT2D eigenvalue weighted by Gasteiger charge is 2.43. The Bertz CT molecular complexity index is 811. The highest BCUT2D eigenvalue weighted by atomic mass is 19.3. The lowest BCUT2D eigenvalue weighted by Gasteiger charge is -2.08. The lowest BCUT2D eigenvalue weighted by atomic mass is 10.1. The molecule has 1 aliphatic heterocycles. The number of amides is 1. The van der Waals surface area contributed by atoms with Crippen molar-refractivity contribution in [2.75, 3.05) is 11.1 Å². The molecule has 0 fully saturated rings. The van der Waals surface area contributed by atoms with Crippen molar-refractivity contribution < 1.29 is 31.8 Å². The van der Waals surface area contributed by atoms with Crippen molar-refractivity contribution in [3.8, 4) is 11.5 Å². The summed E-state index contributed by atoms with van der Waals surface area (Å²) < 4.78 is 60.4. The summed E-state index contributed by atoms with van der Waals surface area (Å²) in [6.07, 6.45) is -3.78. The number of nitrogens with two attached hydrogens (primary N) is 1. The van der Waals surface area contributed by atoms with Crippen LogP contribution in [0.2, 0.25) is 0 Å². The van der Waals surface area contributed by atoms with E-state index in [2.05, 4.69) is 14.8 Å². The molecule has 0 saturated carbocycles. The highest BCUT2D eigenvalue weighted by molar-refractivity contribution is 6.07. The summed E-state index contributed by atoms with van der Waals surface area (Å²) in [5, 5.41) is 2.31. The van der Waals surface area contributed by atoms with E-state index in [9.17, 15) is 22.4 Å². The Hall–Kier alpha value is -2.97. The molecule has 5 nitrogen and oxygen atoms in total. The fourth-order valence-electron chi connectivity index (χ4n) is 1.98. The van der Waals surface area contributed by atoms with Gasteiger partial charge in [0.2, 0.25) is 0 Å². The number of nitrogen functional groups attached to an aromatic ring is 1. The number of anilines is 2. The molecule has 3 rings (SSSR count). The Balaban J connectivity index is 1.84. The molecule has 23 heavy (non-hydrogen) atoms. The number of alkyl halides is 2. The van der Waals surface area contributed by atoms with Crippen LogP contribution in [0, 0.1) is 11.6 Å². The van der Waals surface area contributed by atoms with Crippen LogP contribution in [-0.2, 0) is 0 Å². The van der Waals surface area contributed by atoms with Crippen molar-refractivity contribution >= 4 is 17.3 Å². The van der Waals surface area contributed by atoms with Crippen molar-refractivity contribution in [1.29, 1.82) is 0 Å². The number of hydrogen-bond donors (Lipinski definition) is 2. The van der Waals surface area contributed by atoms with E-state index < -0.39 is 23.8 Å². The van der Waals surface area contributed by atoms with E-state index in [1.807, 2.05) is 0 Å². The van der Waals surface area contributed by atoms with Crippen LogP contribution in [0.5, 0.6) is 11.5 Å². The molecule has 0 saturated heterocycles. The molecule has 2 aromatic carbocycles. The summed E-state index contributed by atoms with van der Waals surface area (Å²) in [6.45, 7) is 0. The molecule has 0 atom stereocenters. The van der Waals surface area contributed by atoms with Crippen LogP contribution in [0.1, 0.15) is 10.4 Å². The number of ether oxygens (including phenoxy) is 2. The molecule has 9 heteroatoms. The Morgan fingerprint density at radius 3 is 2.43 bits per heavy atom. The summed E-state index contributed by atoms with van der Waals surface area (Å²) in [4.78, 5) is 12.0. The summed E-state index contributed by atoms with van der Waals surface area (Å²) in [7, 11) is 0. The largest absolute Gasteiger partial charge is 0.586 e. The molecule has 1 amide bonds. The maximum Gasteiger partial charge on any atom is 0.586 e. The van der Waals surface area contributed by atoms with Gasteiger partial charge in [-0.2, -0.15) is 0 Å². The molecule has 0 aliphatic carbocycles. The van der Waals surface area contributed by atoms with Gasteiger partial charge in [0.05, 0.1) is 5.56 Å². The predicted molar refractivity (Wildman–Crippen MR) is 71.4 cm³/mol. The standard InChI is InChI=1S/C14H8F4N2O3/c15-8-4-7(10(19)5-9(8)16)13(21)20-6-1-2-11-12(3-6)23-14(17,18)22-11/h1-5H,19H2,(H,20,21). The topological polar surface area (TPSA) is 73.6 Å². The number of halogens is 4. The minimum Gasteiger partial charge on any atom is -0.398 e. The highest BCUT2D eigenvalue weighted by Crippen LogP contribution is 2.42. The van der Waals surface area contributed by atoms with Crippen LogP contribution in [0.25, 0.3) is 0 Å². The summed E-state index contributed by atoms with van der Waals surface area (Å²) in [6, 6.07) is 4.85. The van der Waals surface area contributed by atoms with Gasteiger partial charge >= 0.3 is 6.29 Å². The third-order valence-corrected chi connectivity index (χ3v) is 3.00. The molecule has 0 bridgehead atoms. The van der Waals surface area contributed by atoms with E-state index in [1.165, 1.54) is 12.1 Å². The van der Waals surface area contributed by atoms with E-state index in [4.69, 9.17) is 5.73 Å². The second-order valence-corrected chi connectivity index (χ2v) is 4.64. The molecule has 120 valence electrons. The molecule has 0 spiro atoms. The first-order valence-corrected chi connectivity index (χ1v) is 6.21. The maximum absolute atomic E-state index is 13.2. The molecular weight excluding hydrogens is 320 g/mol. The normalized spacial score (nSPS) is 14.6. The van der Waals surface area contributed by atoms with E-state index in [0.29, 0.717) is 12.1 Å². The van der Waals surface area contributed by atoms with Crippen LogP contribution in [0.3, 0.4) is 0 Å².